The zero-order valence-corrected chi connectivity index (χ0v) is 10.1. The van der Waals surface area contributed by atoms with Gasteiger partial charge in [0.2, 0.25) is 10.0 Å². The molecule has 90 valence electrons. The predicted octanol–water partition coefficient (Wildman–Crippen LogP) is 0.420. The van der Waals surface area contributed by atoms with E-state index in [-0.39, 0.29) is 18.8 Å². The van der Waals surface area contributed by atoms with E-state index in [0.717, 1.165) is 0 Å². The molecule has 0 saturated carbocycles. The van der Waals surface area contributed by atoms with Crippen LogP contribution in [0.4, 0.5) is 4.79 Å². The van der Waals surface area contributed by atoms with Gasteiger partial charge >= 0.3 is 0 Å². The Bertz CT molecular complexity index is 441. The molecule has 0 spiro atoms. The van der Waals surface area contributed by atoms with Crippen LogP contribution in [0.5, 0.6) is 0 Å². The Labute approximate surface area is 98.9 Å². The Morgan fingerprint density at radius 3 is 2.69 bits per heavy atom. The van der Waals surface area contributed by atoms with E-state index in [4.69, 9.17) is 9.56 Å². The summed E-state index contributed by atoms with van der Waals surface area (Å²) in [6.45, 7) is 0.159. The SMILES string of the molecule is NS(=O)(=O)CCN(Cc1ccco1)C(=O)S. The molecule has 0 aromatic carbocycles. The lowest BCUT2D eigenvalue weighted by molar-refractivity contribution is 0.219. The summed E-state index contributed by atoms with van der Waals surface area (Å²) in [6, 6.07) is 3.36. The highest BCUT2D eigenvalue weighted by atomic mass is 32.2. The van der Waals surface area contributed by atoms with Crippen molar-refractivity contribution in [2.45, 2.75) is 6.54 Å². The Morgan fingerprint density at radius 1 is 1.56 bits per heavy atom. The lowest BCUT2D eigenvalue weighted by atomic mass is 10.4. The van der Waals surface area contributed by atoms with Gasteiger partial charge in [0.1, 0.15) is 5.76 Å². The van der Waals surface area contributed by atoms with Crippen LogP contribution in [0, 0.1) is 0 Å². The minimum atomic E-state index is -3.59. The summed E-state index contributed by atoms with van der Waals surface area (Å²) >= 11 is 3.64. The molecule has 0 bridgehead atoms. The van der Waals surface area contributed by atoms with Gasteiger partial charge in [0.15, 0.2) is 0 Å². The molecule has 0 radical (unpaired) electrons. The molecule has 1 amide bonds. The van der Waals surface area contributed by atoms with Gasteiger partial charge in [-0.3, -0.25) is 4.79 Å². The highest BCUT2D eigenvalue weighted by Crippen LogP contribution is 2.07. The number of furan rings is 1. The smallest absolute Gasteiger partial charge is 0.278 e. The quantitative estimate of drug-likeness (QED) is 0.754. The molecule has 16 heavy (non-hydrogen) atoms. The molecule has 2 N–H and O–H groups in total. The lowest BCUT2D eigenvalue weighted by Gasteiger charge is -2.18. The Balaban J connectivity index is 2.59. The van der Waals surface area contributed by atoms with Gasteiger partial charge in [-0.2, -0.15) is 0 Å². The fourth-order valence-electron chi connectivity index (χ4n) is 1.07. The van der Waals surface area contributed by atoms with Crippen molar-refractivity contribution in [1.29, 1.82) is 0 Å². The van der Waals surface area contributed by atoms with Crippen LogP contribution < -0.4 is 5.14 Å². The van der Waals surface area contributed by atoms with Gasteiger partial charge in [-0.25, -0.2) is 13.6 Å². The fourth-order valence-corrected chi connectivity index (χ4v) is 1.72. The number of nitrogens with two attached hydrogens (primary N) is 1. The number of nitrogens with zero attached hydrogens (tertiary/aromatic N) is 1. The molecule has 0 saturated heterocycles. The molecule has 0 aliphatic heterocycles. The third-order valence-corrected chi connectivity index (χ3v) is 2.88. The van der Waals surface area contributed by atoms with Crippen LogP contribution in [-0.4, -0.2) is 30.9 Å². The molecular formula is C8H12N2O4S2. The largest absolute Gasteiger partial charge is 0.467 e. The molecule has 1 aromatic heterocycles. The van der Waals surface area contributed by atoms with E-state index in [1.165, 1.54) is 11.2 Å². The number of carbonyl (C=O) groups is 1. The average molecular weight is 264 g/mol. The van der Waals surface area contributed by atoms with Gasteiger partial charge in [-0.15, -0.1) is 0 Å². The van der Waals surface area contributed by atoms with Crippen molar-refractivity contribution >= 4 is 27.9 Å². The van der Waals surface area contributed by atoms with E-state index in [9.17, 15) is 13.2 Å². The summed E-state index contributed by atoms with van der Waals surface area (Å²) in [6.07, 6.45) is 1.47. The summed E-state index contributed by atoms with van der Waals surface area (Å²) in [5.41, 5.74) is 0. The second kappa shape index (κ2) is 5.37. The zero-order chi connectivity index (χ0) is 12.2. The van der Waals surface area contributed by atoms with Gasteiger partial charge in [-0.05, 0) is 12.1 Å². The van der Waals surface area contributed by atoms with E-state index in [0.29, 0.717) is 5.76 Å². The highest BCUT2D eigenvalue weighted by molar-refractivity contribution is 7.96. The molecule has 6 nitrogen and oxygen atoms in total. The van der Waals surface area contributed by atoms with Crippen molar-refractivity contribution in [2.24, 2.45) is 5.14 Å². The molecule has 1 aromatic rings. The first kappa shape index (κ1) is 13.1. The first-order valence-electron chi connectivity index (χ1n) is 4.39. The number of sulfonamides is 1. The Morgan fingerprint density at radius 2 is 2.25 bits per heavy atom. The lowest BCUT2D eigenvalue weighted by Crippen LogP contribution is -2.33. The van der Waals surface area contributed by atoms with Crippen LogP contribution in [-0.2, 0) is 16.6 Å². The summed E-state index contributed by atoms with van der Waals surface area (Å²) in [7, 11) is -3.59. The third-order valence-electron chi connectivity index (χ3n) is 1.84. The number of carbonyl (C=O) groups excluding carboxylic acids is 1. The zero-order valence-electron chi connectivity index (χ0n) is 8.37. The molecule has 0 unspecified atom stereocenters. The number of hydrogen-bond acceptors (Lipinski definition) is 4. The molecule has 1 heterocycles. The second-order valence-electron chi connectivity index (χ2n) is 3.15. The molecule has 0 atom stereocenters. The van der Waals surface area contributed by atoms with Crippen molar-refractivity contribution in [3.05, 3.63) is 24.2 Å². The first-order chi connectivity index (χ1) is 7.38. The van der Waals surface area contributed by atoms with Crippen molar-refractivity contribution in [1.82, 2.24) is 4.90 Å². The maximum Gasteiger partial charge on any atom is 0.278 e. The number of amides is 1. The first-order valence-corrected chi connectivity index (χ1v) is 6.55. The monoisotopic (exact) mass is 264 g/mol. The van der Waals surface area contributed by atoms with Crippen LogP contribution in [0.1, 0.15) is 5.76 Å². The van der Waals surface area contributed by atoms with E-state index < -0.39 is 15.3 Å². The number of hydrogen-bond donors (Lipinski definition) is 2. The molecule has 0 aliphatic rings. The maximum absolute atomic E-state index is 11.1. The number of primary sulfonamides is 1. The van der Waals surface area contributed by atoms with E-state index in [1.54, 1.807) is 12.1 Å². The van der Waals surface area contributed by atoms with Gasteiger partial charge in [0.05, 0.1) is 18.6 Å². The Kier molecular flexibility index (Phi) is 4.39. The third kappa shape index (κ3) is 4.69. The number of rotatable bonds is 5. The summed E-state index contributed by atoms with van der Waals surface area (Å²) in [5, 5.41) is 4.32. The molecular weight excluding hydrogens is 252 g/mol. The topological polar surface area (TPSA) is 93.6 Å². The van der Waals surface area contributed by atoms with Crippen LogP contribution in [0.3, 0.4) is 0 Å². The normalized spacial score (nSPS) is 11.4. The maximum atomic E-state index is 11.1. The van der Waals surface area contributed by atoms with Crippen LogP contribution in [0.25, 0.3) is 0 Å². The Hall–Kier alpha value is -0.990. The van der Waals surface area contributed by atoms with E-state index >= 15 is 0 Å². The minimum Gasteiger partial charge on any atom is -0.467 e. The van der Waals surface area contributed by atoms with Crippen LogP contribution in [0.2, 0.25) is 0 Å². The van der Waals surface area contributed by atoms with Crippen molar-refractivity contribution < 1.29 is 17.6 Å². The molecule has 1 rings (SSSR count). The highest BCUT2D eigenvalue weighted by Gasteiger charge is 2.14. The van der Waals surface area contributed by atoms with Gasteiger partial charge in [0, 0.05) is 6.54 Å². The van der Waals surface area contributed by atoms with Crippen molar-refractivity contribution in [3.63, 3.8) is 0 Å². The van der Waals surface area contributed by atoms with Gasteiger partial charge in [0.25, 0.3) is 5.24 Å². The van der Waals surface area contributed by atoms with Crippen molar-refractivity contribution in [2.75, 3.05) is 12.3 Å². The van der Waals surface area contributed by atoms with Gasteiger partial charge < -0.3 is 9.32 Å². The van der Waals surface area contributed by atoms with E-state index in [1.807, 2.05) is 0 Å². The standard InChI is InChI=1S/C8H12N2O4S2/c9-16(12,13)5-3-10(8(11)15)6-7-2-1-4-14-7/h1-2,4H,3,5-6H2,(H,11,15)(H2,9,12,13). The van der Waals surface area contributed by atoms with Crippen molar-refractivity contribution in [3.8, 4) is 0 Å². The average Bonchev–Trinajstić information content (AvgIpc) is 2.62. The van der Waals surface area contributed by atoms with Crippen LogP contribution >= 0.6 is 12.6 Å². The molecule has 0 fully saturated rings. The van der Waals surface area contributed by atoms with Gasteiger partial charge in [-0.1, -0.05) is 12.6 Å². The van der Waals surface area contributed by atoms with E-state index in [2.05, 4.69) is 12.6 Å². The molecule has 0 aliphatic carbocycles. The summed E-state index contributed by atoms with van der Waals surface area (Å²) < 4.78 is 26.5. The summed E-state index contributed by atoms with van der Waals surface area (Å²) in [5.74, 6) is 0.247. The molecule has 8 heteroatoms. The minimum absolute atomic E-state index is 0.0120. The fraction of sp³-hybridized carbons (Fsp3) is 0.375. The second-order valence-corrected chi connectivity index (χ2v) is 5.27. The predicted molar refractivity (Wildman–Crippen MR) is 61.5 cm³/mol. The summed E-state index contributed by atoms with van der Waals surface area (Å²) in [4.78, 5) is 12.3. The van der Waals surface area contributed by atoms with Crippen LogP contribution in [0.15, 0.2) is 22.8 Å². The number of thiol groups is 1.